The molecular weight excluding hydrogens is 521 g/mol. The number of aromatic amines is 2. The molecule has 38 heavy (non-hydrogen) atoms. The second-order valence-corrected chi connectivity index (χ2v) is 10.0. The summed E-state index contributed by atoms with van der Waals surface area (Å²) in [6.07, 6.45) is -3.06. The number of amides is 1. The highest BCUT2D eigenvalue weighted by Crippen LogP contribution is 2.42. The number of hydrogen-bond acceptors (Lipinski definition) is 7. The minimum Gasteiger partial charge on any atom is -0.358 e. The zero-order valence-corrected chi connectivity index (χ0v) is 20.8. The predicted molar refractivity (Wildman–Crippen MR) is 136 cm³/mol. The minimum atomic E-state index is -4.60. The van der Waals surface area contributed by atoms with Gasteiger partial charge >= 0.3 is 11.9 Å². The number of thiazole rings is 1. The van der Waals surface area contributed by atoms with Crippen molar-refractivity contribution in [2.24, 2.45) is 0 Å². The summed E-state index contributed by atoms with van der Waals surface area (Å²) in [7, 11) is 0. The highest BCUT2D eigenvalue weighted by Gasteiger charge is 2.39. The predicted octanol–water partition coefficient (Wildman–Crippen LogP) is 3.48. The Morgan fingerprint density at radius 2 is 1.89 bits per heavy atom. The van der Waals surface area contributed by atoms with Crippen LogP contribution in [0.15, 0.2) is 47.4 Å². The van der Waals surface area contributed by atoms with Crippen molar-refractivity contribution in [1.82, 2.24) is 34.4 Å². The molecule has 0 aliphatic carbocycles. The molecule has 2 N–H and O–H groups in total. The molecule has 1 aliphatic rings. The third-order valence-corrected chi connectivity index (χ3v) is 7.68. The molecular formula is C24H21F3N8O2S. The lowest BCUT2D eigenvalue weighted by atomic mass is 10.2. The van der Waals surface area contributed by atoms with E-state index in [1.807, 2.05) is 17.9 Å². The molecule has 14 heteroatoms. The fourth-order valence-corrected chi connectivity index (χ4v) is 5.71. The summed E-state index contributed by atoms with van der Waals surface area (Å²) in [6, 6.07) is 10.2. The zero-order valence-electron chi connectivity index (χ0n) is 20.0. The Balaban J connectivity index is 1.26. The molecule has 5 heterocycles. The highest BCUT2D eigenvalue weighted by atomic mass is 32.1. The van der Waals surface area contributed by atoms with Crippen LogP contribution in [0.4, 0.5) is 18.2 Å². The third kappa shape index (κ3) is 4.20. The number of anilines is 1. The number of carbonyl (C=O) groups is 1. The number of H-pyrrole nitrogens is 2. The number of hydrogen-bond donors (Lipinski definition) is 2. The van der Waals surface area contributed by atoms with Gasteiger partial charge in [-0.1, -0.05) is 23.5 Å². The Kier molecular flexibility index (Phi) is 5.70. The molecule has 1 saturated heterocycles. The molecule has 0 saturated carbocycles. The fraction of sp³-hybridized carbons (Fsp3) is 0.292. The Morgan fingerprint density at radius 3 is 2.66 bits per heavy atom. The number of nitrogens with zero attached hydrogens (tertiary/aromatic N) is 6. The van der Waals surface area contributed by atoms with Gasteiger partial charge in [0.2, 0.25) is 10.9 Å². The first-order chi connectivity index (χ1) is 18.2. The zero-order chi connectivity index (χ0) is 26.6. The van der Waals surface area contributed by atoms with Crippen LogP contribution in [0.1, 0.15) is 11.9 Å². The number of nitrogens with one attached hydrogen (secondary N) is 2. The van der Waals surface area contributed by atoms with Gasteiger partial charge in [0.25, 0.3) is 0 Å². The van der Waals surface area contributed by atoms with Crippen molar-refractivity contribution in [3.8, 4) is 11.5 Å². The van der Waals surface area contributed by atoms with Crippen molar-refractivity contribution in [1.29, 1.82) is 0 Å². The average Bonchev–Trinajstić information content (AvgIpc) is 3.59. The van der Waals surface area contributed by atoms with Crippen LogP contribution in [0, 0.1) is 0 Å². The van der Waals surface area contributed by atoms with E-state index in [4.69, 9.17) is 0 Å². The maximum atomic E-state index is 13.6. The Hall–Kier alpha value is -4.20. The molecule has 1 amide bonds. The Morgan fingerprint density at radius 1 is 1.11 bits per heavy atom. The van der Waals surface area contributed by atoms with Gasteiger partial charge in [-0.3, -0.25) is 9.36 Å². The van der Waals surface area contributed by atoms with Gasteiger partial charge in [-0.15, -0.1) is 0 Å². The number of para-hydroxylation sites is 2. The number of carbonyl (C=O) groups excluding carboxylic acids is 1. The second-order valence-electron chi connectivity index (χ2n) is 9.05. The van der Waals surface area contributed by atoms with Gasteiger partial charge in [-0.05, 0) is 31.2 Å². The molecule has 0 bridgehead atoms. The third-order valence-electron chi connectivity index (χ3n) is 6.52. The summed E-state index contributed by atoms with van der Waals surface area (Å²) in [4.78, 5) is 47.3. The van der Waals surface area contributed by atoms with E-state index in [-0.39, 0.29) is 36.6 Å². The Bertz CT molecular complexity index is 1690. The monoisotopic (exact) mass is 542 g/mol. The number of alkyl halides is 3. The van der Waals surface area contributed by atoms with Crippen LogP contribution in [0.3, 0.4) is 0 Å². The summed E-state index contributed by atoms with van der Waals surface area (Å²) >= 11 is 0.565. The van der Waals surface area contributed by atoms with E-state index in [1.165, 1.54) is 4.57 Å². The van der Waals surface area contributed by atoms with Crippen LogP contribution >= 0.6 is 11.3 Å². The first-order valence-corrected chi connectivity index (χ1v) is 12.6. The van der Waals surface area contributed by atoms with E-state index in [0.717, 1.165) is 0 Å². The lowest BCUT2D eigenvalue weighted by Crippen LogP contribution is -2.55. The molecule has 0 spiro atoms. The number of pyridine rings is 1. The van der Waals surface area contributed by atoms with E-state index in [1.54, 1.807) is 41.4 Å². The second kappa shape index (κ2) is 8.97. The van der Waals surface area contributed by atoms with Gasteiger partial charge in [0.15, 0.2) is 11.5 Å². The minimum absolute atomic E-state index is 0.127. The molecule has 6 rings (SSSR count). The molecule has 196 valence electrons. The van der Waals surface area contributed by atoms with Crippen LogP contribution in [-0.4, -0.2) is 66.0 Å². The van der Waals surface area contributed by atoms with Crippen LogP contribution in [0.2, 0.25) is 0 Å². The van der Waals surface area contributed by atoms with Crippen molar-refractivity contribution in [3.63, 3.8) is 0 Å². The number of piperazine rings is 1. The molecule has 0 radical (unpaired) electrons. The lowest BCUT2D eigenvalue weighted by Gasteiger charge is -2.40. The van der Waals surface area contributed by atoms with Gasteiger partial charge < -0.3 is 19.8 Å². The molecule has 1 fully saturated rings. The quantitative estimate of drug-likeness (QED) is 0.359. The van der Waals surface area contributed by atoms with Crippen molar-refractivity contribution >= 4 is 44.4 Å². The molecule has 5 aromatic rings. The summed E-state index contributed by atoms with van der Waals surface area (Å²) < 4.78 is 42.2. The van der Waals surface area contributed by atoms with Gasteiger partial charge in [-0.2, -0.15) is 13.2 Å². The van der Waals surface area contributed by atoms with Crippen molar-refractivity contribution in [3.05, 3.63) is 58.1 Å². The molecule has 0 unspecified atom stereocenters. The molecule has 1 atom stereocenters. The number of aromatic nitrogens is 6. The molecule has 1 aliphatic heterocycles. The van der Waals surface area contributed by atoms with E-state index in [2.05, 4.69) is 24.9 Å². The van der Waals surface area contributed by atoms with Gasteiger partial charge in [0, 0.05) is 31.9 Å². The van der Waals surface area contributed by atoms with E-state index in [9.17, 15) is 22.8 Å². The standard InChI is InChI=1S/C24H21F3N8O2S/c1-13-11-33(9-10-34(13)17(36)12-35-20-16(31-23(35)37)7-4-8-28-20)21-18(32-22(38-21)24(25,26)27)19-29-14-5-2-3-6-15(14)30-19/h2-8,13H,9-12H2,1H3,(H,29,30)(H,31,37)/t13-/m1/s1. The first-order valence-electron chi connectivity index (χ1n) is 11.8. The summed E-state index contributed by atoms with van der Waals surface area (Å²) in [6.45, 7) is 2.49. The molecule has 10 nitrogen and oxygen atoms in total. The lowest BCUT2D eigenvalue weighted by molar-refractivity contribution is -0.137. The number of rotatable bonds is 4. The van der Waals surface area contributed by atoms with Crippen molar-refractivity contribution < 1.29 is 18.0 Å². The molecule has 1 aromatic carbocycles. The fourth-order valence-electron chi connectivity index (χ4n) is 4.74. The number of fused-ring (bicyclic) bond motifs is 2. The SMILES string of the molecule is C[C@@H]1CN(c2sc(C(F)(F)F)nc2-c2nc3ccccc3[nH]2)CCN1C(=O)Cn1c(=O)[nH]c2cccnc21. The summed E-state index contributed by atoms with van der Waals surface area (Å²) in [5.74, 6) is -0.0195. The maximum absolute atomic E-state index is 13.6. The van der Waals surface area contributed by atoms with E-state index >= 15 is 0 Å². The average molecular weight is 543 g/mol. The van der Waals surface area contributed by atoms with Crippen LogP contribution in [-0.2, 0) is 17.5 Å². The smallest absolute Gasteiger partial charge is 0.358 e. The first kappa shape index (κ1) is 24.2. The largest absolute Gasteiger partial charge is 0.443 e. The molecule has 4 aromatic heterocycles. The summed E-state index contributed by atoms with van der Waals surface area (Å²) in [5, 5.41) is -0.618. The van der Waals surface area contributed by atoms with Crippen molar-refractivity contribution in [2.75, 3.05) is 24.5 Å². The van der Waals surface area contributed by atoms with Crippen LogP contribution in [0.25, 0.3) is 33.7 Å². The van der Waals surface area contributed by atoms with E-state index < -0.39 is 16.9 Å². The van der Waals surface area contributed by atoms with Gasteiger partial charge in [0.1, 0.15) is 17.2 Å². The summed E-state index contributed by atoms with van der Waals surface area (Å²) in [5.41, 5.74) is 1.94. The van der Waals surface area contributed by atoms with Crippen molar-refractivity contribution in [2.45, 2.75) is 25.7 Å². The number of halogens is 3. The number of imidazole rings is 2. The number of benzene rings is 1. The van der Waals surface area contributed by atoms with Gasteiger partial charge in [-0.25, -0.2) is 19.7 Å². The van der Waals surface area contributed by atoms with Gasteiger partial charge in [0.05, 0.1) is 16.6 Å². The van der Waals surface area contributed by atoms with E-state index in [0.29, 0.717) is 51.6 Å². The van der Waals surface area contributed by atoms with Crippen LogP contribution < -0.4 is 10.6 Å². The van der Waals surface area contributed by atoms with Crippen LogP contribution in [0.5, 0.6) is 0 Å². The maximum Gasteiger partial charge on any atom is 0.443 e. The Labute approximate surface area is 216 Å². The normalized spacial score (nSPS) is 16.6. The topological polar surface area (TPSA) is 116 Å². The highest BCUT2D eigenvalue weighted by molar-refractivity contribution is 7.16.